The van der Waals surface area contributed by atoms with Gasteiger partial charge in [0.05, 0.1) is 11.5 Å². The summed E-state index contributed by atoms with van der Waals surface area (Å²) in [5.74, 6) is 1.85. The van der Waals surface area contributed by atoms with Crippen molar-refractivity contribution in [2.24, 2.45) is 0 Å². The third-order valence-electron chi connectivity index (χ3n) is 7.65. The minimum Gasteiger partial charge on any atom is -0.512 e. The molecule has 186 valence electrons. The van der Waals surface area contributed by atoms with E-state index in [9.17, 15) is 10.2 Å². The Morgan fingerprint density at radius 1 is 0.943 bits per heavy atom. The first-order valence-corrected chi connectivity index (χ1v) is 13.2. The van der Waals surface area contributed by atoms with Crippen LogP contribution >= 0.6 is 0 Å². The molecule has 1 aromatic rings. The number of ether oxygens (including phenoxy) is 1. The van der Waals surface area contributed by atoms with Gasteiger partial charge in [0.25, 0.3) is 0 Å². The number of benzene rings is 1. The Bertz CT molecular complexity index is 1070. The Labute approximate surface area is 209 Å². The Balaban J connectivity index is 1.16. The minimum atomic E-state index is 0.0944. The molecule has 3 aliphatic carbocycles. The number of aliphatic hydroxyl groups excluding tert-OH is 1. The number of likely N-dealkylation sites (tertiary alicyclic amines) is 1. The molecule has 3 N–H and O–H groups in total. The zero-order chi connectivity index (χ0) is 24.0. The van der Waals surface area contributed by atoms with Crippen LogP contribution in [0, 0.1) is 0 Å². The highest BCUT2D eigenvalue weighted by Gasteiger charge is 2.24. The van der Waals surface area contributed by atoms with Crippen molar-refractivity contribution in [3.05, 3.63) is 81.9 Å². The SMILES string of the molecule is OC1=CC=C(C2=Cc3ccc(O)cc3CC2)C(NCC2=CC=C(OCCN3CCCCC3)CC2)C1. The lowest BCUT2D eigenvalue weighted by Crippen LogP contribution is -2.35. The van der Waals surface area contributed by atoms with E-state index < -0.39 is 0 Å². The highest BCUT2D eigenvalue weighted by Crippen LogP contribution is 2.34. The summed E-state index contributed by atoms with van der Waals surface area (Å²) < 4.78 is 6.06. The maximum absolute atomic E-state index is 10.2. The van der Waals surface area contributed by atoms with Gasteiger partial charge in [0.15, 0.2) is 0 Å². The van der Waals surface area contributed by atoms with Crippen LogP contribution in [0.15, 0.2) is 70.7 Å². The Morgan fingerprint density at radius 3 is 2.66 bits per heavy atom. The number of phenols is 1. The summed E-state index contributed by atoms with van der Waals surface area (Å²) in [7, 11) is 0. The van der Waals surface area contributed by atoms with Gasteiger partial charge in [0.1, 0.15) is 12.4 Å². The van der Waals surface area contributed by atoms with E-state index in [0.29, 0.717) is 17.9 Å². The number of piperidine rings is 1. The van der Waals surface area contributed by atoms with Crippen LogP contribution in [0.4, 0.5) is 0 Å². The summed E-state index contributed by atoms with van der Waals surface area (Å²) in [4.78, 5) is 2.52. The lowest BCUT2D eigenvalue weighted by molar-refractivity contribution is 0.138. The van der Waals surface area contributed by atoms with E-state index in [2.05, 4.69) is 34.5 Å². The molecule has 1 unspecified atom stereocenters. The molecule has 1 saturated heterocycles. The summed E-state index contributed by atoms with van der Waals surface area (Å²) >= 11 is 0. The predicted molar refractivity (Wildman–Crippen MR) is 141 cm³/mol. The number of phenolic OH excluding ortho intramolecular Hbond substituents is 1. The second kappa shape index (κ2) is 11.3. The molecule has 4 aliphatic rings. The van der Waals surface area contributed by atoms with Gasteiger partial charge in [-0.15, -0.1) is 0 Å². The smallest absolute Gasteiger partial charge is 0.115 e. The van der Waals surface area contributed by atoms with E-state index in [-0.39, 0.29) is 6.04 Å². The molecule has 0 aromatic heterocycles. The van der Waals surface area contributed by atoms with Crippen molar-refractivity contribution >= 4 is 6.08 Å². The number of aliphatic hydroxyl groups is 1. The van der Waals surface area contributed by atoms with Gasteiger partial charge in [0, 0.05) is 32.0 Å². The number of hydrogen-bond donors (Lipinski definition) is 3. The maximum atomic E-state index is 10.2. The highest BCUT2D eigenvalue weighted by atomic mass is 16.5. The quantitative estimate of drug-likeness (QED) is 0.460. The molecule has 0 saturated carbocycles. The lowest BCUT2D eigenvalue weighted by atomic mass is 9.83. The normalized spacial score (nSPS) is 22.9. The molecule has 0 spiro atoms. The fourth-order valence-electron chi connectivity index (χ4n) is 5.58. The number of hydrogen-bond acceptors (Lipinski definition) is 5. The number of nitrogens with one attached hydrogen (secondary N) is 1. The van der Waals surface area contributed by atoms with Crippen LogP contribution in [0.25, 0.3) is 6.08 Å². The molecule has 0 bridgehead atoms. The molecule has 5 heteroatoms. The molecular formula is C30H38N2O3. The first-order chi connectivity index (χ1) is 17.1. The van der Waals surface area contributed by atoms with E-state index in [0.717, 1.165) is 51.1 Å². The van der Waals surface area contributed by atoms with Gasteiger partial charge < -0.3 is 20.3 Å². The number of allylic oxidation sites excluding steroid dienone is 5. The molecule has 5 rings (SSSR count). The van der Waals surface area contributed by atoms with Crippen LogP contribution in [0.2, 0.25) is 0 Å². The zero-order valence-electron chi connectivity index (χ0n) is 20.6. The van der Waals surface area contributed by atoms with Crippen molar-refractivity contribution in [1.29, 1.82) is 0 Å². The number of nitrogens with zero attached hydrogens (tertiary/aromatic N) is 1. The van der Waals surface area contributed by atoms with Crippen LogP contribution in [-0.4, -0.2) is 53.9 Å². The van der Waals surface area contributed by atoms with E-state index >= 15 is 0 Å². The number of aryl methyl sites for hydroxylation is 1. The largest absolute Gasteiger partial charge is 0.512 e. The number of rotatable bonds is 8. The second-order valence-electron chi connectivity index (χ2n) is 10.2. The van der Waals surface area contributed by atoms with Crippen molar-refractivity contribution in [3.8, 4) is 5.75 Å². The lowest BCUT2D eigenvalue weighted by Gasteiger charge is -2.29. The van der Waals surface area contributed by atoms with Crippen molar-refractivity contribution < 1.29 is 14.9 Å². The Kier molecular flexibility index (Phi) is 7.75. The van der Waals surface area contributed by atoms with Gasteiger partial charge >= 0.3 is 0 Å². The molecule has 0 radical (unpaired) electrons. The van der Waals surface area contributed by atoms with E-state index in [1.807, 2.05) is 18.2 Å². The summed E-state index contributed by atoms with van der Waals surface area (Å²) in [5.41, 5.74) is 6.32. The van der Waals surface area contributed by atoms with Crippen LogP contribution in [0.3, 0.4) is 0 Å². The molecule has 1 heterocycles. The van der Waals surface area contributed by atoms with Gasteiger partial charge in [-0.25, -0.2) is 0 Å². The Morgan fingerprint density at radius 2 is 1.83 bits per heavy atom. The molecule has 35 heavy (non-hydrogen) atoms. The van der Waals surface area contributed by atoms with Gasteiger partial charge in [-0.1, -0.05) is 36.3 Å². The fourth-order valence-corrected chi connectivity index (χ4v) is 5.58. The monoisotopic (exact) mass is 474 g/mol. The topological polar surface area (TPSA) is 65.0 Å². The van der Waals surface area contributed by atoms with Crippen LogP contribution < -0.4 is 5.32 Å². The molecule has 5 nitrogen and oxygen atoms in total. The molecule has 1 atom stereocenters. The predicted octanol–water partition coefficient (Wildman–Crippen LogP) is 5.56. The molecule has 1 fully saturated rings. The number of fused-ring (bicyclic) bond motifs is 1. The summed E-state index contributed by atoms with van der Waals surface area (Å²) in [6.07, 6.45) is 18.9. The van der Waals surface area contributed by atoms with Crippen LogP contribution in [-0.2, 0) is 11.2 Å². The molecular weight excluding hydrogens is 436 g/mol. The average Bonchev–Trinajstić information content (AvgIpc) is 2.89. The van der Waals surface area contributed by atoms with E-state index in [1.165, 1.54) is 60.2 Å². The second-order valence-corrected chi connectivity index (χ2v) is 10.2. The third-order valence-corrected chi connectivity index (χ3v) is 7.65. The first kappa shape index (κ1) is 24.0. The summed E-state index contributed by atoms with van der Waals surface area (Å²) in [6, 6.07) is 5.71. The standard InChI is InChI=1S/C30H38N2O3/c33-26-9-8-23-18-25(7-6-24(23)19-26)29-13-10-27(34)20-30(29)31-21-22-4-11-28(12-5-22)35-17-16-32-14-2-1-3-15-32/h4,8-11,13,18-19,30-31,33-34H,1-3,5-7,12,14-17,20-21H2. The van der Waals surface area contributed by atoms with Crippen molar-refractivity contribution in [2.75, 3.05) is 32.8 Å². The van der Waals surface area contributed by atoms with Gasteiger partial charge in [0.2, 0.25) is 0 Å². The molecule has 1 aliphatic heterocycles. The fraction of sp³-hybridized carbons (Fsp3) is 0.467. The third kappa shape index (κ3) is 6.28. The minimum absolute atomic E-state index is 0.0944. The Hall–Kier alpha value is -2.76. The van der Waals surface area contributed by atoms with Crippen molar-refractivity contribution in [1.82, 2.24) is 10.2 Å². The molecule has 0 amide bonds. The van der Waals surface area contributed by atoms with Crippen molar-refractivity contribution in [2.45, 2.75) is 57.4 Å². The number of aromatic hydroxyl groups is 1. The summed E-state index contributed by atoms with van der Waals surface area (Å²) in [5, 5.41) is 23.7. The van der Waals surface area contributed by atoms with Crippen molar-refractivity contribution in [3.63, 3.8) is 0 Å². The first-order valence-electron chi connectivity index (χ1n) is 13.2. The van der Waals surface area contributed by atoms with Gasteiger partial charge in [-0.05, 0) is 91.8 Å². The van der Waals surface area contributed by atoms with Crippen LogP contribution in [0.1, 0.15) is 56.1 Å². The summed E-state index contributed by atoms with van der Waals surface area (Å²) in [6.45, 7) is 5.06. The zero-order valence-corrected chi connectivity index (χ0v) is 20.6. The van der Waals surface area contributed by atoms with Crippen LogP contribution in [0.5, 0.6) is 5.75 Å². The maximum Gasteiger partial charge on any atom is 0.115 e. The molecule has 1 aromatic carbocycles. The average molecular weight is 475 g/mol. The highest BCUT2D eigenvalue weighted by molar-refractivity contribution is 5.66. The van der Waals surface area contributed by atoms with Gasteiger partial charge in [-0.3, -0.25) is 4.90 Å². The van der Waals surface area contributed by atoms with E-state index in [4.69, 9.17) is 4.74 Å². The van der Waals surface area contributed by atoms with E-state index in [1.54, 1.807) is 6.07 Å². The van der Waals surface area contributed by atoms with Gasteiger partial charge in [-0.2, -0.15) is 0 Å².